The molecule has 0 atom stereocenters. The summed E-state index contributed by atoms with van der Waals surface area (Å²) >= 11 is 3.49. The van der Waals surface area contributed by atoms with E-state index >= 15 is 0 Å². The van der Waals surface area contributed by atoms with E-state index in [9.17, 15) is 4.39 Å². The molecule has 1 aromatic carbocycles. The Hall–Kier alpha value is -1.75. The van der Waals surface area contributed by atoms with E-state index in [0.29, 0.717) is 0 Å². The monoisotopic (exact) mass is 319 g/mol. The molecule has 3 aromatic rings. The van der Waals surface area contributed by atoms with Gasteiger partial charge in [0.25, 0.3) is 0 Å². The van der Waals surface area contributed by atoms with Crippen LogP contribution in [0.4, 0.5) is 4.39 Å². The Morgan fingerprint density at radius 3 is 2.68 bits per heavy atom. The van der Waals surface area contributed by atoms with Crippen LogP contribution in [0.5, 0.6) is 0 Å². The van der Waals surface area contributed by atoms with E-state index in [1.165, 1.54) is 12.1 Å². The van der Waals surface area contributed by atoms with Crippen LogP contribution >= 0.6 is 15.9 Å². The lowest BCUT2D eigenvalue weighted by Crippen LogP contribution is -1.96. The van der Waals surface area contributed by atoms with E-state index in [0.717, 1.165) is 39.6 Å². The minimum Gasteiger partial charge on any atom is -0.345 e. The molecule has 0 aliphatic carbocycles. The van der Waals surface area contributed by atoms with Gasteiger partial charge in [-0.05, 0) is 46.5 Å². The Balaban J connectivity index is 1.85. The number of benzene rings is 1. The Morgan fingerprint density at radius 2 is 1.89 bits per heavy atom. The molecule has 0 aliphatic rings. The highest BCUT2D eigenvalue weighted by atomic mass is 79.9. The van der Waals surface area contributed by atoms with Crippen molar-refractivity contribution in [2.24, 2.45) is 0 Å². The number of halogens is 2. The first kappa shape index (κ1) is 12.3. The summed E-state index contributed by atoms with van der Waals surface area (Å²) in [4.78, 5) is 11.6. The zero-order valence-electron chi connectivity index (χ0n) is 10.0. The molecule has 0 spiro atoms. The average molecular weight is 320 g/mol. The van der Waals surface area contributed by atoms with Crippen LogP contribution < -0.4 is 0 Å². The van der Waals surface area contributed by atoms with Gasteiger partial charge >= 0.3 is 0 Å². The predicted molar refractivity (Wildman–Crippen MR) is 75.4 cm³/mol. The lowest BCUT2D eigenvalue weighted by Gasteiger charge is -2.03. The van der Waals surface area contributed by atoms with E-state index in [1.54, 1.807) is 18.5 Å². The molecule has 3 nitrogen and oxygen atoms in total. The molecule has 96 valence electrons. The van der Waals surface area contributed by atoms with E-state index in [1.807, 2.05) is 6.20 Å². The molecule has 0 saturated heterocycles. The number of nitrogens with zero attached hydrogens (tertiary/aromatic N) is 2. The first-order chi connectivity index (χ1) is 9.24. The van der Waals surface area contributed by atoms with Crippen molar-refractivity contribution < 1.29 is 4.39 Å². The highest BCUT2D eigenvalue weighted by Gasteiger charge is 2.09. The van der Waals surface area contributed by atoms with Crippen molar-refractivity contribution in [1.29, 1.82) is 0 Å². The smallest absolute Gasteiger partial charge is 0.142 e. The number of nitrogens with one attached hydrogen (secondary N) is 1. The van der Waals surface area contributed by atoms with Gasteiger partial charge in [0, 0.05) is 10.7 Å². The van der Waals surface area contributed by atoms with Crippen molar-refractivity contribution in [3.8, 4) is 0 Å². The predicted octanol–water partition coefficient (Wildman–Crippen LogP) is 3.64. The molecule has 2 aromatic heterocycles. The van der Waals surface area contributed by atoms with Crippen molar-refractivity contribution in [2.75, 3.05) is 0 Å². The van der Waals surface area contributed by atoms with Gasteiger partial charge in [-0.25, -0.2) is 14.4 Å². The van der Waals surface area contributed by atoms with Crippen molar-refractivity contribution in [3.05, 3.63) is 58.3 Å². The van der Waals surface area contributed by atoms with Crippen LogP contribution in [-0.4, -0.2) is 15.0 Å². The first-order valence-corrected chi connectivity index (χ1v) is 6.74. The molecule has 2 heterocycles. The molecular formula is C14H11BrFN3. The summed E-state index contributed by atoms with van der Waals surface area (Å²) in [5.41, 5.74) is 2.92. The highest BCUT2D eigenvalue weighted by molar-refractivity contribution is 9.10. The number of rotatable bonds is 3. The Bertz CT molecular complexity index is 706. The van der Waals surface area contributed by atoms with Crippen molar-refractivity contribution in [2.45, 2.75) is 12.8 Å². The van der Waals surface area contributed by atoms with Gasteiger partial charge in [-0.1, -0.05) is 12.1 Å². The van der Waals surface area contributed by atoms with Crippen molar-refractivity contribution in [3.63, 3.8) is 0 Å². The van der Waals surface area contributed by atoms with Crippen LogP contribution in [0.2, 0.25) is 0 Å². The summed E-state index contributed by atoms with van der Waals surface area (Å²) in [6, 6.07) is 6.58. The molecule has 1 N–H and O–H groups in total. The minimum absolute atomic E-state index is 0.207. The van der Waals surface area contributed by atoms with Gasteiger partial charge < -0.3 is 4.98 Å². The Morgan fingerprint density at radius 1 is 1.11 bits per heavy atom. The molecule has 0 unspecified atom stereocenters. The largest absolute Gasteiger partial charge is 0.345 e. The minimum atomic E-state index is -0.207. The summed E-state index contributed by atoms with van der Waals surface area (Å²) in [5, 5.41) is 1.02. The molecule has 0 saturated carbocycles. The van der Waals surface area contributed by atoms with Gasteiger partial charge in [0.2, 0.25) is 0 Å². The van der Waals surface area contributed by atoms with Gasteiger partial charge in [0.15, 0.2) is 0 Å². The lowest BCUT2D eigenvalue weighted by molar-refractivity contribution is 0.627. The average Bonchev–Trinajstić information content (AvgIpc) is 2.81. The fraction of sp³-hybridized carbons (Fsp3) is 0.143. The van der Waals surface area contributed by atoms with E-state index in [2.05, 4.69) is 30.9 Å². The molecule has 5 heteroatoms. The zero-order chi connectivity index (χ0) is 13.2. The third-order valence-electron chi connectivity index (χ3n) is 3.06. The van der Waals surface area contributed by atoms with Crippen LogP contribution in [0.25, 0.3) is 11.0 Å². The number of aryl methyl sites for hydroxylation is 2. The molecule has 0 amide bonds. The normalized spacial score (nSPS) is 11.1. The number of fused-ring (bicyclic) bond motifs is 1. The summed E-state index contributed by atoms with van der Waals surface area (Å²) in [7, 11) is 0. The maximum absolute atomic E-state index is 12.8. The van der Waals surface area contributed by atoms with Crippen LogP contribution in [0.3, 0.4) is 0 Å². The van der Waals surface area contributed by atoms with Gasteiger partial charge in [-0.2, -0.15) is 0 Å². The van der Waals surface area contributed by atoms with E-state index < -0.39 is 0 Å². The summed E-state index contributed by atoms with van der Waals surface area (Å²) in [6.45, 7) is 0. The highest BCUT2D eigenvalue weighted by Crippen LogP contribution is 2.25. The summed E-state index contributed by atoms with van der Waals surface area (Å²) in [6.07, 6.45) is 5.04. The third-order valence-corrected chi connectivity index (χ3v) is 3.69. The third kappa shape index (κ3) is 2.51. The molecule has 19 heavy (non-hydrogen) atoms. The van der Waals surface area contributed by atoms with Gasteiger partial charge in [-0.15, -0.1) is 0 Å². The maximum Gasteiger partial charge on any atom is 0.142 e. The van der Waals surface area contributed by atoms with Crippen LogP contribution in [0, 0.1) is 5.82 Å². The van der Waals surface area contributed by atoms with E-state index in [4.69, 9.17) is 0 Å². The fourth-order valence-corrected chi connectivity index (χ4v) is 2.62. The van der Waals surface area contributed by atoms with Crippen molar-refractivity contribution in [1.82, 2.24) is 15.0 Å². The topological polar surface area (TPSA) is 41.6 Å². The SMILES string of the molecule is Fc1ccc(CCc2ncnc3[nH]cc(Br)c23)cc1. The second-order valence-corrected chi connectivity index (χ2v) is 5.16. The molecular weight excluding hydrogens is 309 g/mol. The quantitative estimate of drug-likeness (QED) is 0.800. The molecule has 3 rings (SSSR count). The van der Waals surface area contributed by atoms with Crippen LogP contribution in [0.15, 0.2) is 41.3 Å². The number of aromatic amines is 1. The van der Waals surface area contributed by atoms with Crippen LogP contribution in [0.1, 0.15) is 11.3 Å². The first-order valence-electron chi connectivity index (χ1n) is 5.95. The van der Waals surface area contributed by atoms with Crippen LogP contribution in [-0.2, 0) is 12.8 Å². The maximum atomic E-state index is 12.8. The molecule has 0 bridgehead atoms. The Kier molecular flexibility index (Phi) is 3.29. The second kappa shape index (κ2) is 5.09. The standard InChI is InChI=1S/C14H11BrFN3/c15-11-7-17-14-13(11)12(18-8-19-14)6-3-9-1-4-10(16)5-2-9/h1-2,4-5,7-8H,3,6H2,(H,17,18,19). The lowest BCUT2D eigenvalue weighted by atomic mass is 10.1. The summed E-state index contributed by atoms with van der Waals surface area (Å²) in [5.74, 6) is -0.207. The van der Waals surface area contributed by atoms with E-state index in [-0.39, 0.29) is 5.82 Å². The van der Waals surface area contributed by atoms with Crippen molar-refractivity contribution >= 4 is 27.0 Å². The fourth-order valence-electron chi connectivity index (χ4n) is 2.09. The van der Waals surface area contributed by atoms with Gasteiger partial charge in [0.05, 0.1) is 11.1 Å². The number of H-pyrrole nitrogens is 1. The molecule has 0 fully saturated rings. The zero-order valence-corrected chi connectivity index (χ0v) is 11.6. The number of aromatic nitrogens is 3. The van der Waals surface area contributed by atoms with Gasteiger partial charge in [-0.3, -0.25) is 0 Å². The number of hydrogen-bond acceptors (Lipinski definition) is 2. The second-order valence-electron chi connectivity index (χ2n) is 4.31. The Labute approximate surface area is 118 Å². The summed E-state index contributed by atoms with van der Waals surface area (Å²) < 4.78 is 13.8. The van der Waals surface area contributed by atoms with Gasteiger partial charge in [0.1, 0.15) is 17.8 Å². The number of hydrogen-bond donors (Lipinski definition) is 1. The molecule has 0 radical (unpaired) electrons. The molecule has 0 aliphatic heterocycles.